The van der Waals surface area contributed by atoms with Crippen LogP contribution in [0.2, 0.25) is 0 Å². The third kappa shape index (κ3) is 7.16. The number of amides is 1. The summed E-state index contributed by atoms with van der Waals surface area (Å²) in [6, 6.07) is 21.9. The van der Waals surface area contributed by atoms with Crippen LogP contribution in [-0.4, -0.2) is 115 Å². The number of aromatic nitrogens is 2. The van der Waals surface area contributed by atoms with Gasteiger partial charge in [-0.25, -0.2) is 0 Å². The van der Waals surface area contributed by atoms with Crippen molar-refractivity contribution in [2.24, 2.45) is 0 Å². The molecule has 2 aromatic carbocycles. The van der Waals surface area contributed by atoms with Gasteiger partial charge in [-0.3, -0.25) is 14.6 Å². The molecule has 10 nitrogen and oxygen atoms in total. The van der Waals surface area contributed by atoms with Gasteiger partial charge in [-0.15, -0.1) is 0 Å². The van der Waals surface area contributed by atoms with Gasteiger partial charge in [-0.2, -0.15) is 9.97 Å². The van der Waals surface area contributed by atoms with Gasteiger partial charge in [-0.05, 0) is 37.8 Å². The van der Waals surface area contributed by atoms with E-state index in [4.69, 9.17) is 28.9 Å². The van der Waals surface area contributed by atoms with E-state index in [2.05, 4.69) is 70.5 Å². The Balaban J connectivity index is 1.24. The third-order valence-electron chi connectivity index (χ3n) is 9.79. The summed E-state index contributed by atoms with van der Waals surface area (Å²) in [5, 5.41) is 0. The maximum Gasteiger partial charge on any atom is 0.254 e. The van der Waals surface area contributed by atoms with Crippen molar-refractivity contribution >= 4 is 5.91 Å². The summed E-state index contributed by atoms with van der Waals surface area (Å²) >= 11 is 0. The predicted molar refractivity (Wildman–Crippen MR) is 178 cm³/mol. The molecular formula is C37H47N5O5. The van der Waals surface area contributed by atoms with Crippen LogP contribution in [0.5, 0.6) is 11.8 Å². The van der Waals surface area contributed by atoms with Crippen LogP contribution in [0, 0.1) is 0 Å². The first-order valence-electron chi connectivity index (χ1n) is 17.2. The van der Waals surface area contributed by atoms with Gasteiger partial charge < -0.3 is 23.8 Å². The molecule has 3 aliphatic heterocycles. The van der Waals surface area contributed by atoms with Crippen LogP contribution in [0.4, 0.5) is 0 Å². The molecule has 3 aromatic rings. The predicted octanol–water partition coefficient (Wildman–Crippen LogP) is 4.09. The molecular weight excluding hydrogens is 594 g/mol. The molecule has 0 N–H and O–H groups in total. The van der Waals surface area contributed by atoms with Crippen LogP contribution in [0.15, 0.2) is 60.7 Å². The highest BCUT2D eigenvalue weighted by Gasteiger charge is 2.44. The lowest BCUT2D eigenvalue weighted by Gasteiger charge is -2.54. The molecule has 3 atom stereocenters. The van der Waals surface area contributed by atoms with Crippen LogP contribution >= 0.6 is 0 Å². The van der Waals surface area contributed by atoms with Crippen molar-refractivity contribution in [3.05, 3.63) is 83.2 Å². The molecule has 7 rings (SSSR count). The van der Waals surface area contributed by atoms with Gasteiger partial charge >= 0.3 is 0 Å². The topological polar surface area (TPSA) is 89.5 Å². The van der Waals surface area contributed by atoms with Gasteiger partial charge in [0, 0.05) is 63.2 Å². The Hall–Kier alpha value is -3.57. The summed E-state index contributed by atoms with van der Waals surface area (Å²) in [4.78, 5) is 30.6. The standard InChI is InChI=1S/C37H47N5O5/c1-25(2)47-36-30(35(44-3)38-34(39-36)28-14-15-28)22-40-20-29-21-41(37(43)32-24-45-18-19-46-32)16-17-42(29)31(23-40)33(26-10-6-4-7-11-26)27-12-8-5-9-13-27/h4-13,25,28-29,31-33H,14-24H2,1-3H3/t29-,31?,32?/m1/s1. The van der Waals surface area contributed by atoms with Crippen molar-refractivity contribution in [3.8, 4) is 11.8 Å². The Morgan fingerprint density at radius 1 is 0.915 bits per heavy atom. The Kier molecular flexibility index (Phi) is 9.72. The van der Waals surface area contributed by atoms with Crippen LogP contribution in [0.1, 0.15) is 61.0 Å². The molecule has 0 spiro atoms. The van der Waals surface area contributed by atoms with Crippen molar-refractivity contribution in [1.29, 1.82) is 0 Å². The van der Waals surface area contributed by atoms with Crippen molar-refractivity contribution < 1.29 is 23.7 Å². The number of piperazine rings is 2. The Bertz CT molecular complexity index is 1460. The summed E-state index contributed by atoms with van der Waals surface area (Å²) in [5.41, 5.74) is 3.45. The average Bonchev–Trinajstić information content (AvgIpc) is 3.96. The minimum Gasteiger partial charge on any atom is -0.481 e. The number of ether oxygens (including phenoxy) is 4. The lowest BCUT2D eigenvalue weighted by atomic mass is 9.81. The molecule has 4 aliphatic rings. The molecule has 47 heavy (non-hydrogen) atoms. The van der Waals surface area contributed by atoms with E-state index in [1.807, 2.05) is 18.7 Å². The van der Waals surface area contributed by atoms with Gasteiger partial charge in [0.2, 0.25) is 11.8 Å². The quantitative estimate of drug-likeness (QED) is 0.325. The number of carbonyl (C=O) groups is 1. The number of hydrogen-bond acceptors (Lipinski definition) is 9. The zero-order chi connectivity index (χ0) is 32.3. The average molecular weight is 642 g/mol. The SMILES string of the molecule is COc1nc(C2CC2)nc(OC(C)C)c1CN1CC(C(c2ccccc2)c2ccccc2)N2CCN(C(=O)C3COCCO3)C[C@H]2C1. The molecule has 2 unspecified atom stereocenters. The number of rotatable bonds is 10. The molecule has 1 aromatic heterocycles. The van der Waals surface area contributed by atoms with E-state index in [-0.39, 0.29) is 30.0 Å². The van der Waals surface area contributed by atoms with Gasteiger partial charge in [-0.1, -0.05) is 60.7 Å². The number of methoxy groups -OCH3 is 1. The van der Waals surface area contributed by atoms with Crippen molar-refractivity contribution in [3.63, 3.8) is 0 Å². The summed E-state index contributed by atoms with van der Waals surface area (Å²) in [5.74, 6) is 2.56. The van der Waals surface area contributed by atoms with E-state index in [1.165, 1.54) is 11.1 Å². The third-order valence-corrected chi connectivity index (χ3v) is 9.79. The maximum atomic E-state index is 13.6. The number of fused-ring (bicyclic) bond motifs is 1. The summed E-state index contributed by atoms with van der Waals surface area (Å²) in [7, 11) is 1.69. The second-order valence-corrected chi connectivity index (χ2v) is 13.5. The summed E-state index contributed by atoms with van der Waals surface area (Å²) in [6.07, 6.45) is 1.63. The smallest absolute Gasteiger partial charge is 0.254 e. The molecule has 4 heterocycles. The minimum atomic E-state index is -0.533. The minimum absolute atomic E-state index is 0.0269. The zero-order valence-electron chi connectivity index (χ0n) is 27.8. The molecule has 1 amide bonds. The fraction of sp³-hybridized carbons (Fsp3) is 0.541. The van der Waals surface area contributed by atoms with E-state index in [1.54, 1.807) is 7.11 Å². The number of carbonyl (C=O) groups excluding carboxylic acids is 1. The van der Waals surface area contributed by atoms with Crippen molar-refractivity contribution in [1.82, 2.24) is 24.7 Å². The molecule has 4 fully saturated rings. The largest absolute Gasteiger partial charge is 0.481 e. The van der Waals surface area contributed by atoms with E-state index in [0.717, 1.165) is 43.9 Å². The normalized spacial score (nSPS) is 23.9. The highest BCUT2D eigenvalue weighted by atomic mass is 16.6. The second kappa shape index (κ2) is 14.3. The highest BCUT2D eigenvalue weighted by Crippen LogP contribution is 2.42. The Morgan fingerprint density at radius 2 is 1.62 bits per heavy atom. The Labute approximate surface area is 278 Å². The molecule has 1 aliphatic carbocycles. The Morgan fingerprint density at radius 3 is 2.23 bits per heavy atom. The molecule has 0 bridgehead atoms. The molecule has 3 saturated heterocycles. The van der Waals surface area contributed by atoms with E-state index < -0.39 is 6.10 Å². The first kappa shape index (κ1) is 32.0. The maximum absolute atomic E-state index is 13.6. The van der Waals surface area contributed by atoms with Gasteiger partial charge in [0.15, 0.2) is 6.10 Å². The molecule has 1 saturated carbocycles. The van der Waals surface area contributed by atoms with Crippen LogP contribution in [0.25, 0.3) is 0 Å². The lowest BCUT2D eigenvalue weighted by Crippen LogP contribution is -2.68. The van der Waals surface area contributed by atoms with E-state index in [0.29, 0.717) is 57.1 Å². The van der Waals surface area contributed by atoms with E-state index >= 15 is 0 Å². The molecule has 250 valence electrons. The summed E-state index contributed by atoms with van der Waals surface area (Å²) in [6.45, 7) is 9.66. The first-order valence-corrected chi connectivity index (χ1v) is 17.2. The summed E-state index contributed by atoms with van der Waals surface area (Å²) < 4.78 is 23.7. The van der Waals surface area contributed by atoms with E-state index in [9.17, 15) is 4.79 Å². The first-order chi connectivity index (χ1) is 23.0. The molecule has 10 heteroatoms. The number of nitrogens with zero attached hydrogens (tertiary/aromatic N) is 5. The highest BCUT2D eigenvalue weighted by molar-refractivity contribution is 5.81. The van der Waals surface area contributed by atoms with Crippen LogP contribution in [0.3, 0.4) is 0 Å². The zero-order valence-corrected chi connectivity index (χ0v) is 27.8. The van der Waals surface area contributed by atoms with Gasteiger partial charge in [0.1, 0.15) is 5.82 Å². The van der Waals surface area contributed by atoms with Crippen molar-refractivity contribution in [2.45, 2.75) is 69.4 Å². The van der Waals surface area contributed by atoms with Crippen LogP contribution in [-0.2, 0) is 20.8 Å². The van der Waals surface area contributed by atoms with Crippen molar-refractivity contribution in [2.75, 3.05) is 59.7 Å². The van der Waals surface area contributed by atoms with Crippen LogP contribution < -0.4 is 9.47 Å². The lowest BCUT2D eigenvalue weighted by molar-refractivity contribution is -0.162. The van der Waals surface area contributed by atoms with Gasteiger partial charge in [0.05, 0.1) is 38.6 Å². The fourth-order valence-corrected chi connectivity index (χ4v) is 7.46. The number of hydrogen-bond donors (Lipinski definition) is 0. The fourth-order valence-electron chi connectivity index (χ4n) is 7.46. The van der Waals surface area contributed by atoms with Gasteiger partial charge in [0.25, 0.3) is 5.91 Å². The number of benzene rings is 2. The molecule has 0 radical (unpaired) electrons. The second-order valence-electron chi connectivity index (χ2n) is 13.5. The monoisotopic (exact) mass is 641 g/mol.